The molecule has 1 aromatic heterocycles. The number of hydrogen-bond donors (Lipinski definition) is 2. The second kappa shape index (κ2) is 5.91. The standard InChI is InChI=1S/C18H19N3O4/c1-25-18(24)11-7-13-14(8-19-20-13)21(9-11)17(23)12-6-5-10-3-2-4-15(22)16(10)12/h2-4,8,11-12,22H,5-7,9H2,1H3,(H,19,20). The molecule has 1 aromatic carbocycles. The summed E-state index contributed by atoms with van der Waals surface area (Å²) in [7, 11) is 1.35. The molecule has 0 saturated heterocycles. The molecular weight excluding hydrogens is 322 g/mol. The van der Waals surface area contributed by atoms with Gasteiger partial charge in [0.25, 0.3) is 0 Å². The Morgan fingerprint density at radius 3 is 3.04 bits per heavy atom. The van der Waals surface area contributed by atoms with Crippen LogP contribution in [0.2, 0.25) is 0 Å². The fourth-order valence-corrected chi connectivity index (χ4v) is 3.95. The van der Waals surface area contributed by atoms with Gasteiger partial charge in [0.05, 0.1) is 36.5 Å². The van der Waals surface area contributed by atoms with Crippen LogP contribution >= 0.6 is 0 Å². The van der Waals surface area contributed by atoms with Gasteiger partial charge in [-0.25, -0.2) is 0 Å². The van der Waals surface area contributed by atoms with Crippen molar-refractivity contribution in [2.24, 2.45) is 5.92 Å². The van der Waals surface area contributed by atoms with E-state index in [0.717, 1.165) is 17.7 Å². The minimum Gasteiger partial charge on any atom is -0.508 e. The van der Waals surface area contributed by atoms with E-state index in [4.69, 9.17) is 4.74 Å². The van der Waals surface area contributed by atoms with Crippen LogP contribution in [0.5, 0.6) is 5.75 Å². The average molecular weight is 341 g/mol. The molecule has 2 aliphatic rings. The van der Waals surface area contributed by atoms with Gasteiger partial charge in [-0.15, -0.1) is 0 Å². The quantitative estimate of drug-likeness (QED) is 0.808. The first kappa shape index (κ1) is 15.7. The van der Waals surface area contributed by atoms with Crippen molar-refractivity contribution in [2.45, 2.75) is 25.2 Å². The molecule has 0 fully saturated rings. The molecule has 0 spiro atoms. The van der Waals surface area contributed by atoms with E-state index in [1.807, 2.05) is 6.07 Å². The molecule has 7 heteroatoms. The number of nitrogens with zero attached hydrogens (tertiary/aromatic N) is 2. The van der Waals surface area contributed by atoms with Gasteiger partial charge in [0.2, 0.25) is 5.91 Å². The largest absolute Gasteiger partial charge is 0.508 e. The van der Waals surface area contributed by atoms with Crippen LogP contribution in [0.3, 0.4) is 0 Å². The number of aromatic amines is 1. The second-order valence-corrected chi connectivity index (χ2v) is 6.55. The Kier molecular flexibility index (Phi) is 3.71. The molecular formula is C18H19N3O4. The molecule has 25 heavy (non-hydrogen) atoms. The molecule has 2 heterocycles. The zero-order valence-electron chi connectivity index (χ0n) is 13.9. The van der Waals surface area contributed by atoms with Gasteiger partial charge >= 0.3 is 5.97 Å². The number of phenols is 1. The Bertz CT molecular complexity index is 845. The van der Waals surface area contributed by atoms with Crippen LogP contribution in [0.4, 0.5) is 5.69 Å². The highest BCUT2D eigenvalue weighted by Crippen LogP contribution is 2.41. The molecule has 0 bridgehead atoms. The number of rotatable bonds is 2. The van der Waals surface area contributed by atoms with Crippen molar-refractivity contribution in [3.8, 4) is 5.75 Å². The zero-order valence-corrected chi connectivity index (χ0v) is 13.9. The second-order valence-electron chi connectivity index (χ2n) is 6.55. The summed E-state index contributed by atoms with van der Waals surface area (Å²) in [5.41, 5.74) is 3.17. The fraction of sp³-hybridized carbons (Fsp3) is 0.389. The van der Waals surface area contributed by atoms with Crippen LogP contribution in [-0.2, 0) is 27.2 Å². The number of anilines is 1. The van der Waals surface area contributed by atoms with Crippen molar-refractivity contribution in [1.82, 2.24) is 10.2 Å². The molecule has 0 radical (unpaired) electrons. The van der Waals surface area contributed by atoms with Crippen LogP contribution in [0.1, 0.15) is 29.2 Å². The summed E-state index contributed by atoms with van der Waals surface area (Å²) >= 11 is 0. The van der Waals surface area contributed by atoms with Crippen LogP contribution in [-0.4, -0.2) is 40.8 Å². The molecule has 2 atom stereocenters. The Morgan fingerprint density at radius 1 is 1.40 bits per heavy atom. The SMILES string of the molecule is COC(=O)C1Cc2[nH]ncc2N(C(=O)C2CCc3cccc(O)c32)C1. The molecule has 1 aliphatic carbocycles. The first-order chi connectivity index (χ1) is 12.1. The van der Waals surface area contributed by atoms with Crippen LogP contribution < -0.4 is 4.90 Å². The first-order valence-electron chi connectivity index (χ1n) is 8.32. The lowest BCUT2D eigenvalue weighted by molar-refractivity contribution is -0.145. The lowest BCUT2D eigenvalue weighted by atomic mass is 9.93. The third-order valence-corrected chi connectivity index (χ3v) is 5.16. The van der Waals surface area contributed by atoms with Gasteiger partial charge in [-0.2, -0.15) is 5.10 Å². The van der Waals surface area contributed by atoms with E-state index >= 15 is 0 Å². The number of aryl methyl sites for hydroxylation is 1. The zero-order chi connectivity index (χ0) is 17.6. The van der Waals surface area contributed by atoms with Gasteiger partial charge < -0.3 is 14.7 Å². The Labute approximate surface area is 144 Å². The van der Waals surface area contributed by atoms with E-state index in [1.54, 1.807) is 23.2 Å². The summed E-state index contributed by atoms with van der Waals surface area (Å²) in [6, 6.07) is 5.35. The number of carbonyl (C=O) groups excluding carboxylic acids is 2. The van der Waals surface area contributed by atoms with Crippen molar-refractivity contribution in [2.75, 3.05) is 18.6 Å². The summed E-state index contributed by atoms with van der Waals surface area (Å²) in [4.78, 5) is 26.9. The van der Waals surface area contributed by atoms with E-state index < -0.39 is 11.8 Å². The van der Waals surface area contributed by atoms with Gasteiger partial charge in [-0.1, -0.05) is 12.1 Å². The van der Waals surface area contributed by atoms with Gasteiger partial charge in [-0.05, 0) is 24.5 Å². The predicted octanol–water partition coefficient (Wildman–Crippen LogP) is 1.52. The molecule has 1 aliphatic heterocycles. The van der Waals surface area contributed by atoms with Crippen LogP contribution in [0.15, 0.2) is 24.4 Å². The smallest absolute Gasteiger partial charge is 0.310 e. The summed E-state index contributed by atoms with van der Waals surface area (Å²) < 4.78 is 4.86. The Balaban J connectivity index is 1.68. The van der Waals surface area contributed by atoms with Gasteiger partial charge in [0.1, 0.15) is 5.75 Å². The highest BCUT2D eigenvalue weighted by atomic mass is 16.5. The van der Waals surface area contributed by atoms with Crippen molar-refractivity contribution in [1.29, 1.82) is 0 Å². The fourth-order valence-electron chi connectivity index (χ4n) is 3.95. The maximum absolute atomic E-state index is 13.3. The number of benzene rings is 1. The van der Waals surface area contributed by atoms with E-state index in [0.29, 0.717) is 24.1 Å². The van der Waals surface area contributed by atoms with Crippen molar-refractivity contribution in [3.63, 3.8) is 0 Å². The molecule has 7 nitrogen and oxygen atoms in total. The minimum absolute atomic E-state index is 0.114. The van der Waals surface area contributed by atoms with Gasteiger partial charge in [-0.3, -0.25) is 14.7 Å². The van der Waals surface area contributed by atoms with E-state index in [2.05, 4.69) is 10.2 Å². The average Bonchev–Trinajstić information content (AvgIpc) is 3.26. The molecule has 2 aromatic rings. The molecule has 2 N–H and O–H groups in total. The van der Waals surface area contributed by atoms with Crippen LogP contribution in [0, 0.1) is 5.92 Å². The number of carbonyl (C=O) groups is 2. The molecule has 4 rings (SSSR count). The maximum atomic E-state index is 13.3. The van der Waals surface area contributed by atoms with Gasteiger partial charge in [0.15, 0.2) is 0 Å². The molecule has 130 valence electrons. The monoisotopic (exact) mass is 341 g/mol. The summed E-state index contributed by atoms with van der Waals surface area (Å²) in [6.07, 6.45) is 3.49. The molecule has 1 amide bonds. The lowest BCUT2D eigenvalue weighted by Gasteiger charge is -2.32. The predicted molar refractivity (Wildman–Crippen MR) is 89.3 cm³/mol. The number of methoxy groups -OCH3 is 1. The Hall–Kier alpha value is -2.83. The normalized spacial score (nSPS) is 21.6. The third-order valence-electron chi connectivity index (χ3n) is 5.16. The minimum atomic E-state index is -0.424. The van der Waals surface area contributed by atoms with Crippen molar-refractivity contribution in [3.05, 3.63) is 41.2 Å². The number of aromatic hydroxyl groups is 1. The topological polar surface area (TPSA) is 95.5 Å². The number of nitrogens with one attached hydrogen (secondary N) is 1. The number of hydrogen-bond acceptors (Lipinski definition) is 5. The highest BCUT2D eigenvalue weighted by molar-refractivity contribution is 6.00. The van der Waals surface area contributed by atoms with Crippen LogP contribution in [0.25, 0.3) is 0 Å². The molecule has 0 saturated carbocycles. The first-order valence-corrected chi connectivity index (χ1v) is 8.32. The van der Waals surface area contributed by atoms with E-state index in [1.165, 1.54) is 7.11 Å². The molecule has 2 unspecified atom stereocenters. The van der Waals surface area contributed by atoms with Gasteiger partial charge in [0, 0.05) is 18.5 Å². The van der Waals surface area contributed by atoms with E-state index in [-0.39, 0.29) is 24.2 Å². The number of amides is 1. The number of ether oxygens (including phenoxy) is 1. The number of phenolic OH excluding ortho intramolecular Hbond substituents is 1. The van der Waals surface area contributed by atoms with E-state index in [9.17, 15) is 14.7 Å². The number of aromatic nitrogens is 2. The van der Waals surface area contributed by atoms with Crippen molar-refractivity contribution >= 4 is 17.6 Å². The summed E-state index contributed by atoms with van der Waals surface area (Å²) in [5.74, 6) is -1.13. The summed E-state index contributed by atoms with van der Waals surface area (Å²) in [5, 5.41) is 17.1. The third kappa shape index (κ3) is 2.47. The maximum Gasteiger partial charge on any atom is 0.310 e. The van der Waals surface area contributed by atoms with Crippen molar-refractivity contribution < 1.29 is 19.4 Å². The summed E-state index contributed by atoms with van der Waals surface area (Å²) in [6.45, 7) is 0.261. The number of H-pyrrole nitrogens is 1. The Morgan fingerprint density at radius 2 is 2.24 bits per heavy atom. The highest BCUT2D eigenvalue weighted by Gasteiger charge is 2.39. The number of esters is 1. The number of fused-ring (bicyclic) bond motifs is 2. The lowest BCUT2D eigenvalue weighted by Crippen LogP contribution is -2.44.